The molecule has 1 heterocycles. The summed E-state index contributed by atoms with van der Waals surface area (Å²) in [5, 5.41) is 3.61. The summed E-state index contributed by atoms with van der Waals surface area (Å²) < 4.78 is 5.80. The zero-order valence-corrected chi connectivity index (χ0v) is 13.0. The van der Waals surface area contributed by atoms with Crippen molar-refractivity contribution in [2.45, 2.75) is 59.1 Å². The van der Waals surface area contributed by atoms with E-state index in [0.717, 1.165) is 38.7 Å². The van der Waals surface area contributed by atoms with Crippen LogP contribution in [0.3, 0.4) is 0 Å². The summed E-state index contributed by atoms with van der Waals surface area (Å²) in [5.41, 5.74) is 0.0162. The van der Waals surface area contributed by atoms with E-state index in [2.05, 4.69) is 44.8 Å². The first-order valence-electron chi connectivity index (χ1n) is 7.53. The van der Waals surface area contributed by atoms with Gasteiger partial charge in [0.25, 0.3) is 0 Å². The van der Waals surface area contributed by atoms with E-state index in [1.807, 2.05) is 0 Å². The van der Waals surface area contributed by atoms with E-state index >= 15 is 0 Å². The van der Waals surface area contributed by atoms with Gasteiger partial charge in [0.05, 0.1) is 12.2 Å². The monoisotopic (exact) mass is 256 g/mol. The molecule has 1 aliphatic heterocycles. The molecule has 0 aromatic carbocycles. The van der Waals surface area contributed by atoms with E-state index in [9.17, 15) is 0 Å². The van der Waals surface area contributed by atoms with Crippen molar-refractivity contribution in [3.63, 3.8) is 0 Å². The summed E-state index contributed by atoms with van der Waals surface area (Å²) in [6.45, 7) is 16.4. The van der Waals surface area contributed by atoms with Gasteiger partial charge in [0.15, 0.2) is 0 Å². The van der Waals surface area contributed by atoms with Crippen LogP contribution in [0, 0.1) is 5.92 Å². The number of nitrogens with one attached hydrogen (secondary N) is 1. The molecule has 3 nitrogen and oxygen atoms in total. The number of morpholine rings is 1. The summed E-state index contributed by atoms with van der Waals surface area (Å²) in [4.78, 5) is 2.61. The van der Waals surface area contributed by atoms with Crippen molar-refractivity contribution in [2.24, 2.45) is 5.92 Å². The van der Waals surface area contributed by atoms with Gasteiger partial charge in [-0.15, -0.1) is 0 Å². The predicted octanol–water partition coefficient (Wildman–Crippen LogP) is 2.51. The summed E-state index contributed by atoms with van der Waals surface area (Å²) in [5.74, 6) is 0.730. The fraction of sp³-hybridized carbons (Fsp3) is 1.00. The second-order valence-corrected chi connectivity index (χ2v) is 6.57. The molecule has 1 unspecified atom stereocenters. The third-order valence-corrected chi connectivity index (χ3v) is 3.53. The van der Waals surface area contributed by atoms with E-state index < -0.39 is 0 Å². The Bertz CT molecular complexity index is 229. The quantitative estimate of drug-likeness (QED) is 0.757. The van der Waals surface area contributed by atoms with Crippen molar-refractivity contribution in [3.05, 3.63) is 0 Å². The van der Waals surface area contributed by atoms with Crippen LogP contribution in [0.1, 0.15) is 47.5 Å². The number of rotatable bonds is 7. The molecule has 0 bridgehead atoms. The third-order valence-electron chi connectivity index (χ3n) is 3.53. The highest BCUT2D eigenvalue weighted by atomic mass is 16.5. The molecule has 1 fully saturated rings. The van der Waals surface area contributed by atoms with Crippen LogP contribution < -0.4 is 5.32 Å². The standard InChI is InChI=1S/C15H32N2O/c1-6-7-14(11-16-10-13(2)3)17-8-9-18-15(4,5)12-17/h13-14,16H,6-12H2,1-5H3. The molecular formula is C15H32N2O. The van der Waals surface area contributed by atoms with Crippen LogP contribution in [0.2, 0.25) is 0 Å². The van der Waals surface area contributed by atoms with Gasteiger partial charge in [0.1, 0.15) is 0 Å². The van der Waals surface area contributed by atoms with Crippen LogP contribution in [0.25, 0.3) is 0 Å². The van der Waals surface area contributed by atoms with E-state index in [-0.39, 0.29) is 5.60 Å². The fourth-order valence-corrected chi connectivity index (χ4v) is 2.65. The van der Waals surface area contributed by atoms with Crippen molar-refractivity contribution in [3.8, 4) is 0 Å². The van der Waals surface area contributed by atoms with Gasteiger partial charge in [0, 0.05) is 25.7 Å². The summed E-state index contributed by atoms with van der Waals surface area (Å²) in [6.07, 6.45) is 2.53. The summed E-state index contributed by atoms with van der Waals surface area (Å²) in [6, 6.07) is 0.664. The van der Waals surface area contributed by atoms with E-state index in [0.29, 0.717) is 6.04 Å². The first-order valence-corrected chi connectivity index (χ1v) is 7.53. The molecule has 0 radical (unpaired) electrons. The molecule has 0 aromatic rings. The van der Waals surface area contributed by atoms with Crippen LogP contribution >= 0.6 is 0 Å². The van der Waals surface area contributed by atoms with Gasteiger partial charge in [-0.05, 0) is 32.7 Å². The molecule has 3 heteroatoms. The highest BCUT2D eigenvalue weighted by Gasteiger charge is 2.30. The zero-order chi connectivity index (χ0) is 13.6. The molecule has 18 heavy (non-hydrogen) atoms. The molecule has 0 aromatic heterocycles. The lowest BCUT2D eigenvalue weighted by molar-refractivity contribution is -0.0975. The molecule has 1 N–H and O–H groups in total. The first kappa shape index (κ1) is 15.9. The number of hydrogen-bond acceptors (Lipinski definition) is 3. The molecule has 1 atom stereocenters. The van der Waals surface area contributed by atoms with Crippen molar-refractivity contribution in [1.82, 2.24) is 10.2 Å². The highest BCUT2D eigenvalue weighted by molar-refractivity contribution is 4.84. The minimum atomic E-state index is 0.0162. The van der Waals surface area contributed by atoms with Crippen molar-refractivity contribution in [2.75, 3.05) is 32.8 Å². The Kier molecular flexibility index (Phi) is 6.61. The van der Waals surface area contributed by atoms with Crippen molar-refractivity contribution < 1.29 is 4.74 Å². The van der Waals surface area contributed by atoms with Crippen molar-refractivity contribution in [1.29, 1.82) is 0 Å². The van der Waals surface area contributed by atoms with Gasteiger partial charge in [0.2, 0.25) is 0 Å². The molecule has 1 aliphatic rings. The molecule has 0 amide bonds. The van der Waals surface area contributed by atoms with Gasteiger partial charge in [-0.2, -0.15) is 0 Å². The van der Waals surface area contributed by atoms with Gasteiger partial charge < -0.3 is 10.1 Å². The van der Waals surface area contributed by atoms with Gasteiger partial charge in [-0.1, -0.05) is 27.2 Å². The van der Waals surface area contributed by atoms with Crippen LogP contribution in [-0.4, -0.2) is 49.3 Å². The SMILES string of the molecule is CCCC(CNCC(C)C)N1CCOC(C)(C)C1. The van der Waals surface area contributed by atoms with Gasteiger partial charge in [-0.25, -0.2) is 0 Å². The molecule has 0 saturated carbocycles. The smallest absolute Gasteiger partial charge is 0.0753 e. The lowest BCUT2D eigenvalue weighted by Gasteiger charge is -2.42. The van der Waals surface area contributed by atoms with E-state index in [1.54, 1.807) is 0 Å². The summed E-state index contributed by atoms with van der Waals surface area (Å²) in [7, 11) is 0. The zero-order valence-electron chi connectivity index (χ0n) is 13.0. The maximum atomic E-state index is 5.80. The van der Waals surface area contributed by atoms with Crippen LogP contribution in [-0.2, 0) is 4.74 Å². The van der Waals surface area contributed by atoms with Crippen LogP contribution in [0.5, 0.6) is 0 Å². The largest absolute Gasteiger partial charge is 0.373 e. The average molecular weight is 256 g/mol. The minimum absolute atomic E-state index is 0.0162. The Labute approximate surface area is 113 Å². The third kappa shape index (κ3) is 5.68. The number of nitrogens with zero attached hydrogens (tertiary/aromatic N) is 1. The second kappa shape index (κ2) is 7.46. The highest BCUT2D eigenvalue weighted by Crippen LogP contribution is 2.20. The molecular weight excluding hydrogens is 224 g/mol. The molecule has 108 valence electrons. The molecule has 1 saturated heterocycles. The summed E-state index contributed by atoms with van der Waals surface area (Å²) >= 11 is 0. The lowest BCUT2D eigenvalue weighted by atomic mass is 10.0. The Balaban J connectivity index is 2.44. The Morgan fingerprint density at radius 3 is 2.56 bits per heavy atom. The van der Waals surface area contributed by atoms with E-state index in [4.69, 9.17) is 4.74 Å². The number of ether oxygens (including phenoxy) is 1. The first-order chi connectivity index (χ1) is 8.44. The van der Waals surface area contributed by atoms with Crippen LogP contribution in [0.4, 0.5) is 0 Å². The molecule has 1 rings (SSSR count). The normalized spacial score (nSPS) is 22.3. The molecule has 0 spiro atoms. The lowest BCUT2D eigenvalue weighted by Crippen LogP contribution is -2.54. The minimum Gasteiger partial charge on any atom is -0.373 e. The molecule has 0 aliphatic carbocycles. The number of hydrogen-bond donors (Lipinski definition) is 1. The maximum absolute atomic E-state index is 5.80. The van der Waals surface area contributed by atoms with Crippen LogP contribution in [0.15, 0.2) is 0 Å². The Hall–Kier alpha value is -0.120. The van der Waals surface area contributed by atoms with Crippen molar-refractivity contribution >= 4 is 0 Å². The second-order valence-electron chi connectivity index (χ2n) is 6.57. The van der Waals surface area contributed by atoms with Gasteiger partial charge in [-0.3, -0.25) is 4.90 Å². The topological polar surface area (TPSA) is 24.5 Å². The predicted molar refractivity (Wildman–Crippen MR) is 78.0 cm³/mol. The fourth-order valence-electron chi connectivity index (χ4n) is 2.65. The van der Waals surface area contributed by atoms with Gasteiger partial charge >= 0.3 is 0 Å². The van der Waals surface area contributed by atoms with E-state index in [1.165, 1.54) is 12.8 Å². The Morgan fingerprint density at radius 2 is 2.00 bits per heavy atom. The average Bonchev–Trinajstić information content (AvgIpc) is 2.26. The maximum Gasteiger partial charge on any atom is 0.0753 e. The Morgan fingerprint density at radius 1 is 1.28 bits per heavy atom.